The van der Waals surface area contributed by atoms with Gasteiger partial charge in [-0.15, -0.1) is 0 Å². The van der Waals surface area contributed by atoms with Crippen LogP contribution in [0.2, 0.25) is 0 Å². The highest BCUT2D eigenvalue weighted by Crippen LogP contribution is 2.17. The number of hydrogen-bond donors (Lipinski definition) is 2. The number of carbonyl (C=O) groups is 2. The van der Waals surface area contributed by atoms with E-state index in [4.69, 9.17) is 5.11 Å². The molecule has 0 spiro atoms. The van der Waals surface area contributed by atoms with Gasteiger partial charge < -0.3 is 15.2 Å². The van der Waals surface area contributed by atoms with Gasteiger partial charge in [0.25, 0.3) is 0 Å². The third kappa shape index (κ3) is 6.21. The van der Waals surface area contributed by atoms with E-state index in [9.17, 15) is 27.2 Å². The number of hydrogen-bond acceptors (Lipinski definition) is 3. The van der Waals surface area contributed by atoms with Gasteiger partial charge in [-0.2, -0.15) is 13.2 Å². The number of halogens is 4. The molecule has 0 aliphatic rings. The molecule has 0 heterocycles. The molecule has 1 rings (SSSR count). The highest BCUT2D eigenvalue weighted by atomic mass is 19.4. The van der Waals surface area contributed by atoms with Crippen molar-refractivity contribution in [1.82, 2.24) is 0 Å². The van der Waals surface area contributed by atoms with Gasteiger partial charge in [0.15, 0.2) is 0 Å². The second-order valence-corrected chi connectivity index (χ2v) is 3.97. The van der Waals surface area contributed by atoms with Crippen molar-refractivity contribution in [3.8, 4) is 0 Å². The first-order valence-corrected chi connectivity index (χ1v) is 5.66. The van der Waals surface area contributed by atoms with Gasteiger partial charge in [0.2, 0.25) is 5.91 Å². The number of carboxylic acids is 1. The van der Waals surface area contributed by atoms with Crippen LogP contribution in [-0.2, 0) is 9.53 Å². The first-order valence-electron chi connectivity index (χ1n) is 5.66. The van der Waals surface area contributed by atoms with E-state index in [-0.39, 0.29) is 11.3 Å². The Kier molecular flexibility index (Phi) is 5.65. The third-order valence-corrected chi connectivity index (χ3v) is 2.23. The van der Waals surface area contributed by atoms with Gasteiger partial charge in [-0.1, -0.05) is 0 Å². The standard InChI is InChI=1S/C12H11F4NO4/c13-8-5-7(11(19)20)1-2-9(8)17-10(18)3-4-21-6-12(14,15)16/h1-2,5H,3-4,6H2,(H,17,18)(H,19,20). The Hall–Kier alpha value is -2.16. The molecule has 9 heteroatoms. The zero-order valence-electron chi connectivity index (χ0n) is 10.5. The van der Waals surface area contributed by atoms with Crippen LogP contribution in [0.5, 0.6) is 0 Å². The first-order chi connectivity index (χ1) is 9.69. The zero-order chi connectivity index (χ0) is 16.0. The maximum absolute atomic E-state index is 13.5. The van der Waals surface area contributed by atoms with Crippen LogP contribution in [0.4, 0.5) is 23.2 Å². The Morgan fingerprint density at radius 2 is 1.95 bits per heavy atom. The second-order valence-electron chi connectivity index (χ2n) is 3.97. The number of nitrogens with one attached hydrogen (secondary N) is 1. The summed E-state index contributed by atoms with van der Waals surface area (Å²) in [6, 6.07) is 2.85. The van der Waals surface area contributed by atoms with E-state index in [0.717, 1.165) is 18.2 Å². The summed E-state index contributed by atoms with van der Waals surface area (Å²) in [6.07, 6.45) is -4.87. The molecule has 5 nitrogen and oxygen atoms in total. The van der Waals surface area contributed by atoms with Gasteiger partial charge in [-0.25, -0.2) is 9.18 Å². The topological polar surface area (TPSA) is 75.6 Å². The quantitative estimate of drug-likeness (QED) is 0.625. The molecule has 0 radical (unpaired) electrons. The third-order valence-electron chi connectivity index (χ3n) is 2.23. The Labute approximate surface area is 116 Å². The lowest BCUT2D eigenvalue weighted by Crippen LogP contribution is -2.20. The van der Waals surface area contributed by atoms with Gasteiger partial charge in [0.1, 0.15) is 12.4 Å². The van der Waals surface area contributed by atoms with Crippen LogP contribution in [0.25, 0.3) is 0 Å². The minimum absolute atomic E-state index is 0.263. The predicted octanol–water partition coefficient (Wildman–Crippen LogP) is 2.43. The molecule has 0 aliphatic heterocycles. The molecule has 1 aromatic carbocycles. The summed E-state index contributed by atoms with van der Waals surface area (Å²) in [6.45, 7) is -1.94. The van der Waals surface area contributed by atoms with E-state index in [1.165, 1.54) is 0 Å². The molecule has 0 saturated heterocycles. The van der Waals surface area contributed by atoms with Crippen LogP contribution in [0.15, 0.2) is 18.2 Å². The van der Waals surface area contributed by atoms with Crippen LogP contribution < -0.4 is 5.32 Å². The average Bonchev–Trinajstić information content (AvgIpc) is 2.36. The molecule has 0 bridgehead atoms. The Morgan fingerprint density at radius 3 is 2.48 bits per heavy atom. The van der Waals surface area contributed by atoms with Crippen molar-refractivity contribution in [3.63, 3.8) is 0 Å². The Bertz CT molecular complexity index is 530. The van der Waals surface area contributed by atoms with E-state index < -0.39 is 43.5 Å². The highest BCUT2D eigenvalue weighted by molar-refractivity contribution is 5.92. The van der Waals surface area contributed by atoms with Crippen molar-refractivity contribution in [3.05, 3.63) is 29.6 Å². The molecule has 116 valence electrons. The van der Waals surface area contributed by atoms with Gasteiger partial charge in [-0.3, -0.25) is 4.79 Å². The number of carboxylic acid groups (broad SMARTS) is 1. The monoisotopic (exact) mass is 309 g/mol. The molecule has 0 aromatic heterocycles. The van der Waals surface area contributed by atoms with E-state index in [1.54, 1.807) is 0 Å². The number of amides is 1. The lowest BCUT2D eigenvalue weighted by Gasteiger charge is -2.09. The molecular weight excluding hydrogens is 298 g/mol. The van der Waals surface area contributed by atoms with E-state index in [0.29, 0.717) is 0 Å². The number of rotatable bonds is 6. The fourth-order valence-corrected chi connectivity index (χ4v) is 1.31. The molecule has 0 atom stereocenters. The molecule has 2 N–H and O–H groups in total. The number of carbonyl (C=O) groups excluding carboxylic acids is 1. The SMILES string of the molecule is O=C(CCOCC(F)(F)F)Nc1ccc(C(=O)O)cc1F. The number of aromatic carboxylic acids is 1. The summed E-state index contributed by atoms with van der Waals surface area (Å²) in [5.74, 6) is -3.04. The largest absolute Gasteiger partial charge is 0.478 e. The van der Waals surface area contributed by atoms with E-state index in [2.05, 4.69) is 10.1 Å². The van der Waals surface area contributed by atoms with Gasteiger partial charge in [-0.05, 0) is 18.2 Å². The highest BCUT2D eigenvalue weighted by Gasteiger charge is 2.27. The summed E-state index contributed by atoms with van der Waals surface area (Å²) in [5, 5.41) is 10.7. The second kappa shape index (κ2) is 7.02. The Balaban J connectivity index is 2.46. The number of anilines is 1. The summed E-state index contributed by atoms with van der Waals surface area (Å²) >= 11 is 0. The summed E-state index contributed by atoms with van der Waals surface area (Å²) in [5.41, 5.74) is -0.556. The van der Waals surface area contributed by atoms with Crippen molar-refractivity contribution < 1.29 is 37.0 Å². The van der Waals surface area contributed by atoms with Gasteiger partial charge >= 0.3 is 12.1 Å². The van der Waals surface area contributed by atoms with Crippen LogP contribution >= 0.6 is 0 Å². The maximum Gasteiger partial charge on any atom is 0.411 e. The average molecular weight is 309 g/mol. The molecule has 1 aromatic rings. The minimum Gasteiger partial charge on any atom is -0.478 e. The minimum atomic E-state index is -4.48. The number of alkyl halides is 3. The van der Waals surface area contributed by atoms with Crippen molar-refractivity contribution in [1.29, 1.82) is 0 Å². The van der Waals surface area contributed by atoms with Crippen LogP contribution in [0, 0.1) is 5.82 Å². The van der Waals surface area contributed by atoms with Crippen LogP contribution in [-0.4, -0.2) is 36.4 Å². The maximum atomic E-state index is 13.5. The number of benzene rings is 1. The fraction of sp³-hybridized carbons (Fsp3) is 0.333. The Morgan fingerprint density at radius 1 is 1.29 bits per heavy atom. The summed E-state index contributed by atoms with van der Waals surface area (Å²) in [4.78, 5) is 21.9. The first kappa shape index (κ1) is 16.9. The summed E-state index contributed by atoms with van der Waals surface area (Å²) in [7, 11) is 0. The van der Waals surface area contributed by atoms with Crippen molar-refractivity contribution in [2.24, 2.45) is 0 Å². The fourth-order valence-electron chi connectivity index (χ4n) is 1.31. The number of ether oxygens (including phenoxy) is 1. The molecular formula is C12H11F4NO4. The molecule has 0 saturated carbocycles. The van der Waals surface area contributed by atoms with Crippen molar-refractivity contribution >= 4 is 17.6 Å². The molecule has 21 heavy (non-hydrogen) atoms. The van der Waals surface area contributed by atoms with Gasteiger partial charge in [0.05, 0.1) is 24.3 Å². The lowest BCUT2D eigenvalue weighted by molar-refractivity contribution is -0.174. The van der Waals surface area contributed by atoms with Gasteiger partial charge in [0, 0.05) is 0 Å². The summed E-state index contributed by atoms with van der Waals surface area (Å²) < 4.78 is 53.0. The smallest absolute Gasteiger partial charge is 0.411 e. The lowest BCUT2D eigenvalue weighted by atomic mass is 10.2. The normalized spacial score (nSPS) is 11.2. The molecule has 0 fully saturated rings. The van der Waals surface area contributed by atoms with Crippen molar-refractivity contribution in [2.45, 2.75) is 12.6 Å². The van der Waals surface area contributed by atoms with Crippen LogP contribution in [0.1, 0.15) is 16.8 Å². The molecule has 0 aliphatic carbocycles. The molecule has 0 unspecified atom stereocenters. The van der Waals surface area contributed by atoms with E-state index in [1.807, 2.05) is 0 Å². The predicted molar refractivity (Wildman–Crippen MR) is 63.5 cm³/mol. The zero-order valence-corrected chi connectivity index (χ0v) is 10.5. The molecule has 1 amide bonds. The van der Waals surface area contributed by atoms with Crippen molar-refractivity contribution in [2.75, 3.05) is 18.5 Å². The van der Waals surface area contributed by atoms with E-state index >= 15 is 0 Å². The van der Waals surface area contributed by atoms with Crippen LogP contribution in [0.3, 0.4) is 0 Å².